The Bertz CT molecular complexity index is 933. The molecule has 1 aromatic heterocycles. The number of hydrogen-bond acceptors (Lipinski definition) is 2. The number of methoxy groups -OCH3 is 1. The standard InChI is InChI=1S/C19H18F2N2O/c1-22-17-6-3-12(20)9-15(17)14-7-8-23(11-18(14)22)13-4-5-16(21)19(10-13)24-2/h3-6,9-10H,7-8,11H2,1-2H3. The van der Waals surface area contributed by atoms with Crippen molar-refractivity contribution < 1.29 is 13.5 Å². The average molecular weight is 328 g/mol. The quantitative estimate of drug-likeness (QED) is 0.707. The van der Waals surface area contributed by atoms with Crippen LogP contribution in [0.15, 0.2) is 36.4 Å². The maximum atomic E-state index is 13.6. The molecule has 0 atom stereocenters. The highest BCUT2D eigenvalue weighted by molar-refractivity contribution is 5.86. The number of aryl methyl sites for hydroxylation is 1. The Kier molecular flexibility index (Phi) is 3.44. The number of rotatable bonds is 2. The fourth-order valence-corrected chi connectivity index (χ4v) is 3.60. The lowest BCUT2D eigenvalue weighted by Crippen LogP contribution is -2.31. The maximum absolute atomic E-state index is 13.6. The largest absolute Gasteiger partial charge is 0.494 e. The van der Waals surface area contributed by atoms with Crippen molar-refractivity contribution in [3.05, 3.63) is 59.3 Å². The smallest absolute Gasteiger partial charge is 0.165 e. The molecule has 24 heavy (non-hydrogen) atoms. The Morgan fingerprint density at radius 2 is 1.92 bits per heavy atom. The van der Waals surface area contributed by atoms with Crippen molar-refractivity contribution in [3.8, 4) is 5.75 Å². The molecule has 0 aliphatic carbocycles. The van der Waals surface area contributed by atoms with Crippen molar-refractivity contribution in [2.45, 2.75) is 13.0 Å². The Hall–Kier alpha value is -2.56. The molecule has 0 radical (unpaired) electrons. The second-order valence-corrected chi connectivity index (χ2v) is 6.14. The van der Waals surface area contributed by atoms with Crippen LogP contribution in [0.2, 0.25) is 0 Å². The summed E-state index contributed by atoms with van der Waals surface area (Å²) in [5.74, 6) is -0.321. The number of nitrogens with zero attached hydrogens (tertiary/aromatic N) is 2. The highest BCUT2D eigenvalue weighted by Crippen LogP contribution is 2.33. The summed E-state index contributed by atoms with van der Waals surface area (Å²) in [5, 5.41) is 0.990. The van der Waals surface area contributed by atoms with Gasteiger partial charge in [-0.1, -0.05) is 0 Å². The molecule has 0 fully saturated rings. The van der Waals surface area contributed by atoms with Gasteiger partial charge in [0.1, 0.15) is 5.82 Å². The monoisotopic (exact) mass is 328 g/mol. The number of benzene rings is 2. The van der Waals surface area contributed by atoms with Crippen molar-refractivity contribution in [1.29, 1.82) is 0 Å². The highest BCUT2D eigenvalue weighted by Gasteiger charge is 2.23. The Morgan fingerprint density at radius 1 is 1.08 bits per heavy atom. The molecule has 4 rings (SSSR count). The predicted molar refractivity (Wildman–Crippen MR) is 90.6 cm³/mol. The first-order valence-electron chi connectivity index (χ1n) is 7.92. The Labute approximate surface area is 139 Å². The van der Waals surface area contributed by atoms with Crippen LogP contribution in [0.3, 0.4) is 0 Å². The molecule has 3 aromatic rings. The molecule has 0 saturated carbocycles. The molecule has 0 spiro atoms. The van der Waals surface area contributed by atoms with Gasteiger partial charge >= 0.3 is 0 Å². The molecule has 2 aromatic carbocycles. The summed E-state index contributed by atoms with van der Waals surface area (Å²) in [5.41, 5.74) is 4.35. The third kappa shape index (κ3) is 2.23. The fraction of sp³-hybridized carbons (Fsp3) is 0.263. The average Bonchev–Trinajstić information content (AvgIpc) is 2.87. The van der Waals surface area contributed by atoms with Crippen LogP contribution in [0.25, 0.3) is 10.9 Å². The first kappa shape index (κ1) is 15.0. The van der Waals surface area contributed by atoms with Gasteiger partial charge in [0.15, 0.2) is 11.6 Å². The summed E-state index contributed by atoms with van der Waals surface area (Å²) in [6, 6.07) is 9.86. The van der Waals surface area contributed by atoms with Crippen molar-refractivity contribution >= 4 is 16.6 Å². The van der Waals surface area contributed by atoms with Crippen LogP contribution in [0.1, 0.15) is 11.3 Å². The maximum Gasteiger partial charge on any atom is 0.165 e. The topological polar surface area (TPSA) is 17.4 Å². The van der Waals surface area contributed by atoms with Gasteiger partial charge in [-0.3, -0.25) is 0 Å². The van der Waals surface area contributed by atoms with E-state index in [0.29, 0.717) is 6.54 Å². The number of halogens is 2. The number of fused-ring (bicyclic) bond motifs is 3. The molecule has 0 bridgehead atoms. The van der Waals surface area contributed by atoms with Crippen LogP contribution in [0.4, 0.5) is 14.5 Å². The van der Waals surface area contributed by atoms with Crippen LogP contribution in [-0.2, 0) is 20.0 Å². The number of hydrogen-bond donors (Lipinski definition) is 0. The van der Waals surface area contributed by atoms with Crippen molar-refractivity contribution in [2.24, 2.45) is 7.05 Å². The summed E-state index contributed by atoms with van der Waals surface area (Å²) >= 11 is 0. The molecule has 1 aliphatic heterocycles. The van der Waals surface area contributed by atoms with Crippen LogP contribution in [0.5, 0.6) is 5.75 Å². The lowest BCUT2D eigenvalue weighted by Gasteiger charge is -2.30. The fourth-order valence-electron chi connectivity index (χ4n) is 3.60. The minimum atomic E-state index is -0.362. The van der Waals surface area contributed by atoms with Crippen LogP contribution in [-0.4, -0.2) is 18.2 Å². The van der Waals surface area contributed by atoms with Gasteiger partial charge in [0.25, 0.3) is 0 Å². The van der Waals surface area contributed by atoms with Gasteiger partial charge in [-0.05, 0) is 42.3 Å². The van der Waals surface area contributed by atoms with E-state index in [-0.39, 0.29) is 17.4 Å². The molecule has 0 N–H and O–H groups in total. The van der Waals surface area contributed by atoms with Crippen molar-refractivity contribution in [1.82, 2.24) is 4.57 Å². The summed E-state index contributed by atoms with van der Waals surface area (Å²) in [6.45, 7) is 1.51. The Morgan fingerprint density at radius 3 is 2.71 bits per heavy atom. The first-order chi connectivity index (χ1) is 11.6. The Balaban J connectivity index is 1.75. The molecule has 3 nitrogen and oxygen atoms in total. The molecule has 0 saturated heterocycles. The SMILES string of the molecule is COc1cc(N2CCc3c(n(C)c4ccc(F)cc34)C2)ccc1F. The van der Waals surface area contributed by atoms with Gasteiger partial charge in [0.05, 0.1) is 13.7 Å². The predicted octanol–water partition coefficient (Wildman–Crippen LogP) is 4.03. The van der Waals surface area contributed by atoms with Gasteiger partial charge < -0.3 is 14.2 Å². The van der Waals surface area contributed by atoms with E-state index in [1.54, 1.807) is 18.2 Å². The zero-order valence-corrected chi connectivity index (χ0v) is 13.6. The van der Waals surface area contributed by atoms with E-state index in [4.69, 9.17) is 4.74 Å². The van der Waals surface area contributed by atoms with Gasteiger partial charge in [0, 0.05) is 41.9 Å². The summed E-state index contributed by atoms with van der Waals surface area (Å²) in [6.07, 6.45) is 0.829. The van der Waals surface area contributed by atoms with E-state index in [9.17, 15) is 8.78 Å². The molecule has 0 unspecified atom stereocenters. The van der Waals surface area contributed by atoms with E-state index in [1.165, 1.54) is 30.5 Å². The highest BCUT2D eigenvalue weighted by atomic mass is 19.1. The zero-order chi connectivity index (χ0) is 16.8. The van der Waals surface area contributed by atoms with E-state index < -0.39 is 0 Å². The van der Waals surface area contributed by atoms with E-state index in [1.807, 2.05) is 13.1 Å². The summed E-state index contributed by atoms with van der Waals surface area (Å²) < 4.78 is 34.4. The molecule has 5 heteroatoms. The first-order valence-corrected chi connectivity index (χ1v) is 7.92. The van der Waals surface area contributed by atoms with Gasteiger partial charge in [0.2, 0.25) is 0 Å². The van der Waals surface area contributed by atoms with E-state index in [2.05, 4.69) is 9.47 Å². The van der Waals surface area contributed by atoms with Gasteiger partial charge in [-0.2, -0.15) is 0 Å². The zero-order valence-electron chi connectivity index (χ0n) is 13.6. The lowest BCUT2D eigenvalue weighted by atomic mass is 10.0. The molecule has 2 heterocycles. The van der Waals surface area contributed by atoms with Crippen LogP contribution >= 0.6 is 0 Å². The molecule has 1 aliphatic rings. The van der Waals surface area contributed by atoms with Crippen molar-refractivity contribution in [3.63, 3.8) is 0 Å². The molecule has 0 amide bonds. The number of aromatic nitrogens is 1. The normalized spacial score (nSPS) is 14.1. The second-order valence-electron chi connectivity index (χ2n) is 6.14. The van der Waals surface area contributed by atoms with Crippen LogP contribution in [0, 0.1) is 11.6 Å². The summed E-state index contributed by atoms with van der Waals surface area (Å²) in [7, 11) is 3.47. The minimum absolute atomic E-state index is 0.207. The van der Waals surface area contributed by atoms with Gasteiger partial charge in [-0.25, -0.2) is 8.78 Å². The van der Waals surface area contributed by atoms with Gasteiger partial charge in [-0.15, -0.1) is 0 Å². The number of ether oxygens (including phenoxy) is 1. The molecular formula is C19H18F2N2O. The molecule has 124 valence electrons. The van der Waals surface area contributed by atoms with E-state index in [0.717, 1.165) is 29.6 Å². The lowest BCUT2D eigenvalue weighted by molar-refractivity contribution is 0.386. The van der Waals surface area contributed by atoms with Crippen molar-refractivity contribution in [2.75, 3.05) is 18.6 Å². The van der Waals surface area contributed by atoms with E-state index >= 15 is 0 Å². The van der Waals surface area contributed by atoms with Crippen LogP contribution < -0.4 is 9.64 Å². The molecular weight excluding hydrogens is 310 g/mol. The summed E-state index contributed by atoms with van der Waals surface area (Å²) in [4.78, 5) is 2.19. The second kappa shape index (κ2) is 5.51. The third-order valence-electron chi connectivity index (χ3n) is 4.87. The minimum Gasteiger partial charge on any atom is -0.494 e. The third-order valence-corrected chi connectivity index (χ3v) is 4.87. The number of anilines is 1.